The van der Waals surface area contributed by atoms with Crippen molar-refractivity contribution in [2.45, 2.75) is 19.4 Å². The minimum atomic E-state index is -3.48. The molecule has 0 saturated heterocycles. The highest BCUT2D eigenvalue weighted by Crippen LogP contribution is 2.34. The molecule has 1 N–H and O–H groups in total. The maximum Gasteiger partial charge on any atom is 0.265 e. The monoisotopic (exact) mass is 394 g/mol. The van der Waals surface area contributed by atoms with Crippen molar-refractivity contribution in [3.05, 3.63) is 53.1 Å². The third-order valence-corrected chi connectivity index (χ3v) is 5.55. The lowest BCUT2D eigenvalue weighted by Crippen LogP contribution is -2.36. The average molecular weight is 395 g/mol. The lowest BCUT2D eigenvalue weighted by Gasteiger charge is -2.20. The summed E-state index contributed by atoms with van der Waals surface area (Å²) in [5.41, 5.74) is 1.91. The second-order valence-corrected chi connectivity index (χ2v) is 8.49. The van der Waals surface area contributed by atoms with Crippen LogP contribution in [-0.2, 0) is 14.8 Å². The molecule has 3 rings (SSSR count). The van der Waals surface area contributed by atoms with E-state index >= 15 is 0 Å². The van der Waals surface area contributed by atoms with Crippen LogP contribution in [0.5, 0.6) is 5.75 Å². The fourth-order valence-electron chi connectivity index (χ4n) is 2.84. The first-order valence-electron chi connectivity index (χ1n) is 8.06. The number of fused-ring (bicyclic) bond motifs is 1. The zero-order chi connectivity index (χ0) is 18.9. The number of aryl methyl sites for hydroxylation is 1. The molecule has 1 atom stereocenters. The number of carbonyl (C=O) groups is 1. The first-order valence-corrected chi connectivity index (χ1v) is 10.3. The number of para-hydroxylation sites is 2. The molecule has 1 aliphatic rings. The number of ether oxygens (including phenoxy) is 1. The van der Waals surface area contributed by atoms with Crippen molar-refractivity contribution in [1.29, 1.82) is 0 Å². The van der Waals surface area contributed by atoms with Crippen molar-refractivity contribution in [2.75, 3.05) is 22.4 Å². The first-order chi connectivity index (χ1) is 12.3. The quantitative estimate of drug-likeness (QED) is 0.867. The molecule has 0 bridgehead atoms. The van der Waals surface area contributed by atoms with E-state index in [0.717, 1.165) is 11.8 Å². The molecule has 6 nitrogen and oxygen atoms in total. The molecule has 8 heteroatoms. The standard InChI is InChI=1S/C18H19ClN2O4S/c1-12-11-13(19)7-8-14(12)20-18(22)17-9-10-21(26(2,23)24)15-5-3-4-6-16(15)25-17/h3-8,11,17H,9-10H2,1-2H3,(H,20,22). The number of hydrogen-bond acceptors (Lipinski definition) is 4. The molecule has 1 aliphatic heterocycles. The Kier molecular flexibility index (Phi) is 5.11. The van der Waals surface area contributed by atoms with E-state index in [0.29, 0.717) is 22.1 Å². The molecular formula is C18H19ClN2O4S. The summed E-state index contributed by atoms with van der Waals surface area (Å²) in [6.07, 6.45) is 0.569. The molecular weight excluding hydrogens is 376 g/mol. The minimum Gasteiger partial charge on any atom is -0.478 e. The van der Waals surface area contributed by atoms with Crippen LogP contribution < -0.4 is 14.4 Å². The smallest absolute Gasteiger partial charge is 0.265 e. The van der Waals surface area contributed by atoms with Gasteiger partial charge in [0, 0.05) is 23.7 Å². The van der Waals surface area contributed by atoms with Gasteiger partial charge in [0.05, 0.1) is 11.9 Å². The largest absolute Gasteiger partial charge is 0.478 e. The van der Waals surface area contributed by atoms with Gasteiger partial charge >= 0.3 is 0 Å². The highest BCUT2D eigenvalue weighted by atomic mass is 35.5. The third-order valence-electron chi connectivity index (χ3n) is 4.14. The van der Waals surface area contributed by atoms with Gasteiger partial charge in [0.1, 0.15) is 5.75 Å². The van der Waals surface area contributed by atoms with E-state index in [2.05, 4.69) is 5.32 Å². The summed E-state index contributed by atoms with van der Waals surface area (Å²) >= 11 is 5.94. The van der Waals surface area contributed by atoms with E-state index in [1.807, 2.05) is 6.92 Å². The Hall–Kier alpha value is -2.25. The summed E-state index contributed by atoms with van der Waals surface area (Å²) < 4.78 is 31.3. The predicted octanol–water partition coefficient (Wildman–Crippen LogP) is 3.20. The topological polar surface area (TPSA) is 75.7 Å². The lowest BCUT2D eigenvalue weighted by molar-refractivity contribution is -0.122. The summed E-state index contributed by atoms with van der Waals surface area (Å²) in [7, 11) is -3.48. The molecule has 138 valence electrons. The van der Waals surface area contributed by atoms with Gasteiger partial charge < -0.3 is 10.1 Å². The van der Waals surface area contributed by atoms with E-state index in [-0.39, 0.29) is 18.9 Å². The fourth-order valence-corrected chi connectivity index (χ4v) is 4.01. The highest BCUT2D eigenvalue weighted by molar-refractivity contribution is 7.92. The van der Waals surface area contributed by atoms with Gasteiger partial charge in [-0.2, -0.15) is 0 Å². The summed E-state index contributed by atoms with van der Waals surface area (Å²) in [4.78, 5) is 12.7. The van der Waals surface area contributed by atoms with Gasteiger partial charge in [0.2, 0.25) is 10.0 Å². The Balaban J connectivity index is 1.85. The third kappa shape index (κ3) is 3.94. The van der Waals surface area contributed by atoms with Crippen LogP contribution in [0.3, 0.4) is 0 Å². The molecule has 1 heterocycles. The van der Waals surface area contributed by atoms with Crippen LogP contribution >= 0.6 is 11.6 Å². The molecule has 2 aromatic carbocycles. The van der Waals surface area contributed by atoms with E-state index in [1.165, 1.54) is 4.31 Å². The second kappa shape index (κ2) is 7.17. The molecule has 0 aliphatic carbocycles. The number of sulfonamides is 1. The fraction of sp³-hybridized carbons (Fsp3) is 0.278. The van der Waals surface area contributed by atoms with Gasteiger partial charge in [0.25, 0.3) is 5.91 Å². The van der Waals surface area contributed by atoms with Crippen LogP contribution in [0.4, 0.5) is 11.4 Å². The van der Waals surface area contributed by atoms with Crippen molar-refractivity contribution >= 4 is 38.9 Å². The number of nitrogens with one attached hydrogen (secondary N) is 1. The molecule has 1 amide bonds. The molecule has 2 aromatic rings. The Morgan fingerprint density at radius 3 is 2.69 bits per heavy atom. The number of benzene rings is 2. The molecule has 0 aromatic heterocycles. The second-order valence-electron chi connectivity index (χ2n) is 6.15. The number of nitrogens with zero attached hydrogens (tertiary/aromatic N) is 1. The van der Waals surface area contributed by atoms with Crippen LogP contribution in [0.2, 0.25) is 5.02 Å². The molecule has 1 unspecified atom stereocenters. The van der Waals surface area contributed by atoms with Crippen molar-refractivity contribution in [3.8, 4) is 5.75 Å². The average Bonchev–Trinajstić information content (AvgIpc) is 2.76. The Morgan fingerprint density at radius 1 is 1.27 bits per heavy atom. The number of amides is 1. The first kappa shape index (κ1) is 18.5. The number of anilines is 2. The highest BCUT2D eigenvalue weighted by Gasteiger charge is 2.31. The van der Waals surface area contributed by atoms with Crippen molar-refractivity contribution < 1.29 is 17.9 Å². The zero-order valence-electron chi connectivity index (χ0n) is 14.4. The van der Waals surface area contributed by atoms with E-state index < -0.39 is 16.1 Å². The Labute approximate surface area is 157 Å². The van der Waals surface area contributed by atoms with E-state index in [4.69, 9.17) is 16.3 Å². The normalized spacial score (nSPS) is 17.0. The van der Waals surface area contributed by atoms with Crippen LogP contribution in [-0.4, -0.2) is 33.2 Å². The van der Waals surface area contributed by atoms with Crippen molar-refractivity contribution in [3.63, 3.8) is 0 Å². The van der Waals surface area contributed by atoms with E-state index in [9.17, 15) is 13.2 Å². The van der Waals surface area contributed by atoms with Crippen LogP contribution in [0.15, 0.2) is 42.5 Å². The molecule has 0 saturated carbocycles. The maximum atomic E-state index is 12.7. The van der Waals surface area contributed by atoms with Crippen LogP contribution in [0, 0.1) is 6.92 Å². The predicted molar refractivity (Wildman–Crippen MR) is 102 cm³/mol. The molecule has 0 spiro atoms. The summed E-state index contributed by atoms with van der Waals surface area (Å²) in [6, 6.07) is 12.0. The SMILES string of the molecule is Cc1cc(Cl)ccc1NC(=O)C1CCN(S(C)(=O)=O)c2ccccc2O1. The summed E-state index contributed by atoms with van der Waals surface area (Å²) in [6.45, 7) is 2.00. The number of halogens is 1. The van der Waals surface area contributed by atoms with Crippen molar-refractivity contribution in [1.82, 2.24) is 0 Å². The minimum absolute atomic E-state index is 0.160. The van der Waals surface area contributed by atoms with Gasteiger partial charge in [-0.15, -0.1) is 0 Å². The Bertz CT molecular complexity index is 946. The summed E-state index contributed by atoms with van der Waals surface area (Å²) in [5, 5.41) is 3.42. The number of rotatable bonds is 3. The van der Waals surface area contributed by atoms with Crippen LogP contribution in [0.25, 0.3) is 0 Å². The van der Waals surface area contributed by atoms with Gasteiger partial charge in [-0.25, -0.2) is 8.42 Å². The van der Waals surface area contributed by atoms with Gasteiger partial charge in [-0.05, 0) is 42.8 Å². The Morgan fingerprint density at radius 2 is 2.00 bits per heavy atom. The zero-order valence-corrected chi connectivity index (χ0v) is 16.0. The number of hydrogen-bond donors (Lipinski definition) is 1. The van der Waals surface area contributed by atoms with Crippen molar-refractivity contribution in [2.24, 2.45) is 0 Å². The van der Waals surface area contributed by atoms with Crippen LogP contribution in [0.1, 0.15) is 12.0 Å². The van der Waals surface area contributed by atoms with E-state index in [1.54, 1.807) is 42.5 Å². The molecule has 0 radical (unpaired) electrons. The summed E-state index contributed by atoms with van der Waals surface area (Å²) in [5.74, 6) is 0.0315. The lowest BCUT2D eigenvalue weighted by atomic mass is 10.2. The van der Waals surface area contributed by atoms with Gasteiger partial charge in [0.15, 0.2) is 6.10 Å². The number of carbonyl (C=O) groups excluding carboxylic acids is 1. The van der Waals surface area contributed by atoms with Gasteiger partial charge in [-0.1, -0.05) is 23.7 Å². The molecule has 0 fully saturated rings. The maximum absolute atomic E-state index is 12.7. The molecule has 26 heavy (non-hydrogen) atoms. The van der Waals surface area contributed by atoms with Gasteiger partial charge in [-0.3, -0.25) is 9.10 Å².